The molecule has 21 heavy (non-hydrogen) atoms. The van der Waals surface area contributed by atoms with Crippen molar-refractivity contribution < 1.29 is 110 Å². The molecule has 0 fully saturated rings. The molecule has 0 aromatic rings. The maximum Gasteiger partial charge on any atom is 2.00 e. The molecule has 0 aliphatic carbocycles. The first kappa shape index (κ1) is 36.6. The van der Waals surface area contributed by atoms with Gasteiger partial charge in [0.2, 0.25) is 0 Å². The molecule has 0 saturated carbocycles. The second-order valence-electron chi connectivity index (χ2n) is 1.72. The van der Waals surface area contributed by atoms with Gasteiger partial charge in [-0.1, -0.05) is 0 Å². The minimum absolute atomic E-state index is 0. The smallest absolute Gasteiger partial charge is 0.543 e. The molecule has 0 rings (SSSR count). The van der Waals surface area contributed by atoms with Crippen LogP contribution in [-0.2, 0) is 79.4 Å². The van der Waals surface area contributed by atoms with E-state index in [1.165, 1.54) is 0 Å². The second-order valence-corrected chi connectivity index (χ2v) is 1.72. The molecule has 0 N–H and O–H groups in total. The fraction of sp³-hybridized carbons (Fsp3) is 0. The first-order valence-electron chi connectivity index (χ1n) is 3.20. The van der Waals surface area contributed by atoms with Crippen molar-refractivity contribution in [2.75, 3.05) is 0 Å². The largest absolute Gasteiger partial charge is 2.00 e. The fourth-order valence-corrected chi connectivity index (χ4v) is 0. The number of carbonyl (C=O) groups is 6. The van der Waals surface area contributed by atoms with Crippen molar-refractivity contribution in [3.8, 4) is 0 Å². The SMILES string of the molecule is O=C([O-])C(=O)[O-].O=C([O-])C(=O)[O-].O=C([O-])C(=O)[O-].[Fe+2].[Mn+2].[Ni+2]. The molecule has 0 heterocycles. The van der Waals surface area contributed by atoms with Crippen molar-refractivity contribution in [3.63, 3.8) is 0 Å². The van der Waals surface area contributed by atoms with Crippen LogP contribution in [0.3, 0.4) is 0 Å². The van der Waals surface area contributed by atoms with Gasteiger partial charge in [-0.25, -0.2) is 0 Å². The second kappa shape index (κ2) is 20.7. The molecule has 121 valence electrons. The Morgan fingerprint density at radius 3 is 0.476 bits per heavy atom. The van der Waals surface area contributed by atoms with Crippen LogP contribution in [-0.4, -0.2) is 35.8 Å². The first-order chi connectivity index (χ1) is 7.93. The van der Waals surface area contributed by atoms with E-state index >= 15 is 0 Å². The van der Waals surface area contributed by atoms with Crippen LogP contribution >= 0.6 is 0 Å². The van der Waals surface area contributed by atoms with Gasteiger partial charge in [0.15, 0.2) is 0 Å². The number of rotatable bonds is 0. The summed E-state index contributed by atoms with van der Waals surface area (Å²) in [5.74, 6) is -13.1. The van der Waals surface area contributed by atoms with Crippen LogP contribution < -0.4 is 30.6 Å². The zero-order valence-corrected chi connectivity index (χ0v) is 12.2. The molecule has 0 aromatic carbocycles. The van der Waals surface area contributed by atoms with Crippen molar-refractivity contribution in [1.82, 2.24) is 0 Å². The number of carboxylic acid groups (broad SMARTS) is 6. The van der Waals surface area contributed by atoms with Crippen molar-refractivity contribution in [3.05, 3.63) is 0 Å². The Balaban J connectivity index is -0.0000000375. The predicted octanol–water partition coefficient (Wildman–Crippen LogP) is -10.5. The number of hydrogen-bond acceptors (Lipinski definition) is 12. The zero-order chi connectivity index (χ0) is 15.5. The van der Waals surface area contributed by atoms with Gasteiger partial charge in [0.25, 0.3) is 0 Å². The molecule has 0 atom stereocenters. The van der Waals surface area contributed by atoms with Crippen molar-refractivity contribution in [1.29, 1.82) is 0 Å². The van der Waals surface area contributed by atoms with E-state index in [4.69, 9.17) is 59.4 Å². The molecule has 0 unspecified atom stereocenters. The summed E-state index contributed by atoms with van der Waals surface area (Å²) in [5, 5.41) is 53.6. The van der Waals surface area contributed by atoms with Crippen LogP contribution in [0.2, 0.25) is 0 Å². The van der Waals surface area contributed by atoms with Crippen LogP contribution in [0, 0.1) is 0 Å². The molecule has 0 aromatic heterocycles. The molecular weight excluding hydrogens is 434 g/mol. The summed E-state index contributed by atoms with van der Waals surface area (Å²) in [6.45, 7) is 0. The normalized spacial score (nSPS) is 6.29. The summed E-state index contributed by atoms with van der Waals surface area (Å²) >= 11 is 0. The summed E-state index contributed by atoms with van der Waals surface area (Å²) < 4.78 is 0. The van der Waals surface area contributed by atoms with E-state index in [-0.39, 0.29) is 50.6 Å². The van der Waals surface area contributed by atoms with Gasteiger partial charge < -0.3 is 59.4 Å². The van der Waals surface area contributed by atoms with Gasteiger partial charge in [0.05, 0.1) is 35.8 Å². The Morgan fingerprint density at radius 1 is 0.429 bits per heavy atom. The van der Waals surface area contributed by atoms with Crippen LogP contribution in [0.15, 0.2) is 0 Å². The third kappa shape index (κ3) is 45.8. The van der Waals surface area contributed by atoms with E-state index < -0.39 is 35.8 Å². The van der Waals surface area contributed by atoms with E-state index in [1.54, 1.807) is 0 Å². The Kier molecular flexibility index (Phi) is 36.0. The molecular formula is C6FeMnNiO12. The Labute approximate surface area is 146 Å². The van der Waals surface area contributed by atoms with Crippen LogP contribution in [0.25, 0.3) is 0 Å². The summed E-state index contributed by atoms with van der Waals surface area (Å²) in [5.41, 5.74) is 0. The molecule has 0 aliphatic heterocycles. The zero-order valence-electron chi connectivity index (χ0n) is 8.95. The minimum atomic E-state index is -2.19. The fourth-order valence-electron chi connectivity index (χ4n) is 0. The molecule has 0 bridgehead atoms. The Morgan fingerprint density at radius 2 is 0.476 bits per heavy atom. The van der Waals surface area contributed by atoms with E-state index in [0.29, 0.717) is 0 Å². The first-order valence-corrected chi connectivity index (χ1v) is 3.20. The van der Waals surface area contributed by atoms with Crippen LogP contribution in [0.5, 0.6) is 0 Å². The molecule has 1 radical (unpaired) electrons. The maximum absolute atomic E-state index is 8.93. The van der Waals surface area contributed by atoms with Gasteiger partial charge in [-0.3, -0.25) is 0 Å². The van der Waals surface area contributed by atoms with Crippen molar-refractivity contribution in [2.24, 2.45) is 0 Å². The van der Waals surface area contributed by atoms with Gasteiger partial charge in [-0.2, -0.15) is 0 Å². The molecule has 0 spiro atoms. The number of hydrogen-bond donors (Lipinski definition) is 0. The average molecular weight is 434 g/mol. The van der Waals surface area contributed by atoms with Gasteiger partial charge in [-0.05, 0) is 0 Å². The summed E-state index contributed by atoms with van der Waals surface area (Å²) in [6.07, 6.45) is 0. The van der Waals surface area contributed by atoms with Crippen LogP contribution in [0.1, 0.15) is 0 Å². The molecule has 15 heteroatoms. The molecule has 0 aliphatic rings. The molecule has 0 amide bonds. The van der Waals surface area contributed by atoms with Gasteiger partial charge in [0, 0.05) is 0 Å². The Hall–Kier alpha value is -1.65. The average Bonchev–Trinajstić information content (AvgIpc) is 2.18. The predicted molar refractivity (Wildman–Crippen MR) is 30.0 cm³/mol. The third-order valence-corrected chi connectivity index (χ3v) is 0.500. The van der Waals surface area contributed by atoms with Gasteiger partial charge >= 0.3 is 50.6 Å². The molecule has 0 saturated heterocycles. The van der Waals surface area contributed by atoms with Crippen molar-refractivity contribution >= 4 is 35.8 Å². The van der Waals surface area contributed by atoms with Crippen molar-refractivity contribution in [2.45, 2.75) is 0 Å². The van der Waals surface area contributed by atoms with E-state index in [2.05, 4.69) is 0 Å². The van der Waals surface area contributed by atoms with E-state index in [1.807, 2.05) is 0 Å². The summed E-state index contributed by atoms with van der Waals surface area (Å²) in [4.78, 5) is 53.6. The summed E-state index contributed by atoms with van der Waals surface area (Å²) in [6, 6.07) is 0. The van der Waals surface area contributed by atoms with Gasteiger partial charge in [-0.15, -0.1) is 0 Å². The maximum atomic E-state index is 8.93. The third-order valence-electron chi connectivity index (χ3n) is 0.500. The number of carboxylic acids is 6. The topological polar surface area (TPSA) is 241 Å². The van der Waals surface area contributed by atoms with E-state index in [0.717, 1.165) is 0 Å². The monoisotopic (exact) mass is 433 g/mol. The van der Waals surface area contributed by atoms with E-state index in [9.17, 15) is 0 Å². The quantitative estimate of drug-likeness (QED) is 0.255. The number of carbonyl (C=O) groups excluding carboxylic acids is 6. The molecule has 12 nitrogen and oxygen atoms in total. The van der Waals surface area contributed by atoms with Gasteiger partial charge in [0.1, 0.15) is 0 Å². The number of aliphatic carboxylic acids is 6. The van der Waals surface area contributed by atoms with Crippen LogP contribution in [0.4, 0.5) is 0 Å². The summed E-state index contributed by atoms with van der Waals surface area (Å²) in [7, 11) is 0. The minimum Gasteiger partial charge on any atom is -0.543 e. The standard InChI is InChI=1S/3C2H2O4.Fe.Mn.Ni/c3*3-1(4)2(5)6;;;/h3*(H,3,4)(H,5,6);;;/q;;;3*+2/p-6. The Bertz CT molecular complexity index is 289.